The summed E-state index contributed by atoms with van der Waals surface area (Å²) in [6.07, 6.45) is 6.07. The molecule has 3 nitrogen and oxygen atoms in total. The first-order chi connectivity index (χ1) is 12.0. The van der Waals surface area contributed by atoms with Crippen LogP contribution in [-0.4, -0.2) is 30.3 Å². The lowest BCUT2D eigenvalue weighted by Gasteiger charge is -2.18. The fourth-order valence-electron chi connectivity index (χ4n) is 3.19. The Morgan fingerprint density at radius 1 is 1.52 bits per heavy atom. The fourth-order valence-corrected chi connectivity index (χ4v) is 4.10. The van der Waals surface area contributed by atoms with E-state index in [1.165, 1.54) is 16.7 Å². The zero-order valence-electron chi connectivity index (χ0n) is 14.9. The molecule has 1 atom stereocenters. The summed E-state index contributed by atoms with van der Waals surface area (Å²) in [5.41, 5.74) is 5.61. The van der Waals surface area contributed by atoms with Crippen molar-refractivity contribution in [3.63, 3.8) is 0 Å². The zero-order valence-corrected chi connectivity index (χ0v) is 19.4. The Bertz CT molecular complexity index is 649. The minimum Gasteiger partial charge on any atom is -0.492 e. The lowest BCUT2D eigenvalue weighted by Crippen LogP contribution is -2.10. The number of cyclic esters (lactones) is 1. The molecule has 0 aromatic carbocycles. The number of ether oxygens (including phenoxy) is 2. The fraction of sp³-hybridized carbons (Fsp3) is 0.526. The summed E-state index contributed by atoms with van der Waals surface area (Å²) in [5, 5.41) is 0.847. The van der Waals surface area contributed by atoms with Gasteiger partial charge in [-0.25, -0.2) is 4.79 Å². The highest BCUT2D eigenvalue weighted by Crippen LogP contribution is 2.39. The highest BCUT2D eigenvalue weighted by molar-refractivity contribution is 14.2. The van der Waals surface area contributed by atoms with E-state index in [4.69, 9.17) is 9.47 Å². The van der Waals surface area contributed by atoms with Gasteiger partial charge in [-0.05, 0) is 53.5 Å². The van der Waals surface area contributed by atoms with Crippen LogP contribution < -0.4 is 0 Å². The molecule has 0 saturated carbocycles. The van der Waals surface area contributed by atoms with Crippen LogP contribution in [0, 0.1) is 5.92 Å². The lowest BCUT2D eigenvalue weighted by atomic mass is 9.95. The summed E-state index contributed by atoms with van der Waals surface area (Å²) in [4.78, 5) is 12.4. The highest BCUT2D eigenvalue weighted by Gasteiger charge is 2.36. The maximum Gasteiger partial charge on any atom is 0.338 e. The number of hydrogen-bond donors (Lipinski definition) is 0. The monoisotopic (exact) mass is 538 g/mol. The normalized spacial score (nSPS) is 21.2. The second kappa shape index (κ2) is 10.2. The van der Waals surface area contributed by atoms with Gasteiger partial charge >= 0.3 is 5.97 Å². The van der Waals surface area contributed by atoms with Crippen LogP contribution in [-0.2, 0) is 14.3 Å². The summed E-state index contributed by atoms with van der Waals surface area (Å²) >= 11 is 5.77. The molecule has 6 heteroatoms. The van der Waals surface area contributed by atoms with Crippen molar-refractivity contribution < 1.29 is 14.3 Å². The molecule has 1 aliphatic carbocycles. The Kier molecular flexibility index (Phi) is 8.61. The van der Waals surface area contributed by atoms with E-state index in [1.807, 2.05) is 0 Å². The van der Waals surface area contributed by atoms with Gasteiger partial charge in [0.05, 0.1) is 12.2 Å². The van der Waals surface area contributed by atoms with Crippen LogP contribution >= 0.6 is 46.1 Å². The molecule has 2 aliphatic rings. The predicted octanol–water partition coefficient (Wildman–Crippen LogP) is 5.91. The Balaban J connectivity index is 2.54. The standard InChI is InChI=1S/C19H24BrIO3S/c1-4-15-13(3)9-14-11-24-19(22)17(14)18(23-7-8-25-21)16(15)6-5-12(2)10-20/h5,9,14H,4,6-8,10-11H2,1-3H3/b12-5+. The van der Waals surface area contributed by atoms with E-state index in [9.17, 15) is 4.79 Å². The maximum absolute atomic E-state index is 12.4. The van der Waals surface area contributed by atoms with Crippen molar-refractivity contribution >= 4 is 52.0 Å². The van der Waals surface area contributed by atoms with Crippen molar-refractivity contribution in [1.82, 2.24) is 0 Å². The number of alkyl halides is 1. The Morgan fingerprint density at radius 3 is 2.92 bits per heavy atom. The van der Waals surface area contributed by atoms with Crippen LogP contribution in [0.4, 0.5) is 0 Å². The minimum absolute atomic E-state index is 0.00458. The zero-order chi connectivity index (χ0) is 18.4. The number of carbonyl (C=O) groups is 1. The third kappa shape index (κ3) is 5.16. The second-order valence-electron chi connectivity index (χ2n) is 6.16. The van der Waals surface area contributed by atoms with E-state index >= 15 is 0 Å². The van der Waals surface area contributed by atoms with Crippen LogP contribution in [0.15, 0.2) is 45.8 Å². The van der Waals surface area contributed by atoms with Gasteiger partial charge < -0.3 is 9.47 Å². The number of fused-ring (bicyclic) bond motifs is 1. The van der Waals surface area contributed by atoms with E-state index in [2.05, 4.69) is 70.1 Å². The second-order valence-corrected chi connectivity index (χ2v) is 9.21. The van der Waals surface area contributed by atoms with Gasteiger partial charge in [-0.1, -0.05) is 55.1 Å². The molecule has 0 amide bonds. The number of carbonyl (C=O) groups excluding carboxylic acids is 1. The van der Waals surface area contributed by atoms with E-state index in [1.54, 1.807) is 8.93 Å². The molecule has 25 heavy (non-hydrogen) atoms. The molecule has 1 heterocycles. The Labute approximate surface area is 175 Å². The van der Waals surface area contributed by atoms with Gasteiger partial charge in [0, 0.05) is 22.6 Å². The molecule has 0 N–H and O–H groups in total. The smallest absolute Gasteiger partial charge is 0.338 e. The molecule has 1 aliphatic heterocycles. The molecule has 138 valence electrons. The van der Waals surface area contributed by atoms with Gasteiger partial charge in [0.15, 0.2) is 0 Å². The molecule has 1 fully saturated rings. The summed E-state index contributed by atoms with van der Waals surface area (Å²) in [7, 11) is 1.71. The SMILES string of the molecule is CCC1=C(C/C=C(\C)CBr)C(OCCSI)=C2C(=O)OCC2C=C1C. The van der Waals surface area contributed by atoms with Crippen molar-refractivity contribution in [3.05, 3.63) is 45.8 Å². The summed E-state index contributed by atoms with van der Waals surface area (Å²) in [6.45, 7) is 7.40. The highest BCUT2D eigenvalue weighted by atomic mass is 127. The van der Waals surface area contributed by atoms with Crippen LogP contribution in [0.5, 0.6) is 0 Å². The van der Waals surface area contributed by atoms with E-state index < -0.39 is 0 Å². The third-order valence-corrected chi connectivity index (χ3v) is 6.95. The van der Waals surface area contributed by atoms with Gasteiger partial charge in [0.1, 0.15) is 12.4 Å². The van der Waals surface area contributed by atoms with Gasteiger partial charge in [-0.2, -0.15) is 0 Å². The molecule has 1 saturated heterocycles. The number of hydrogen-bond acceptors (Lipinski definition) is 4. The van der Waals surface area contributed by atoms with Crippen molar-refractivity contribution in [2.75, 3.05) is 24.3 Å². The molecule has 1 unspecified atom stereocenters. The molecule has 0 aromatic rings. The summed E-state index contributed by atoms with van der Waals surface area (Å²) in [6, 6.07) is 0. The molecule has 2 rings (SSSR count). The first-order valence-corrected chi connectivity index (χ1v) is 13.1. The van der Waals surface area contributed by atoms with E-state index in [0.717, 1.165) is 35.3 Å². The van der Waals surface area contributed by atoms with Crippen molar-refractivity contribution in [3.8, 4) is 0 Å². The average molecular weight is 539 g/mol. The van der Waals surface area contributed by atoms with Crippen LogP contribution in [0.1, 0.15) is 33.6 Å². The number of allylic oxidation sites excluding steroid dienone is 5. The summed E-state index contributed by atoms with van der Waals surface area (Å²) < 4.78 is 11.5. The van der Waals surface area contributed by atoms with Crippen LogP contribution in [0.3, 0.4) is 0 Å². The summed E-state index contributed by atoms with van der Waals surface area (Å²) in [5.74, 6) is 1.40. The van der Waals surface area contributed by atoms with Crippen molar-refractivity contribution in [2.45, 2.75) is 33.6 Å². The topological polar surface area (TPSA) is 35.5 Å². The first kappa shape index (κ1) is 21.1. The quantitative estimate of drug-likeness (QED) is 0.126. The van der Waals surface area contributed by atoms with Crippen molar-refractivity contribution in [2.24, 2.45) is 5.92 Å². The van der Waals surface area contributed by atoms with Crippen LogP contribution in [0.2, 0.25) is 0 Å². The average Bonchev–Trinajstić information content (AvgIpc) is 2.90. The van der Waals surface area contributed by atoms with Crippen molar-refractivity contribution in [1.29, 1.82) is 0 Å². The van der Waals surface area contributed by atoms with E-state index in [0.29, 0.717) is 18.8 Å². The molecular formula is C19H24BrIO3S. The predicted molar refractivity (Wildman–Crippen MR) is 117 cm³/mol. The molecule has 0 aromatic heterocycles. The maximum atomic E-state index is 12.4. The van der Waals surface area contributed by atoms with Gasteiger partial charge in [-0.15, -0.1) is 0 Å². The number of esters is 1. The van der Waals surface area contributed by atoms with Gasteiger partial charge in [0.25, 0.3) is 0 Å². The third-order valence-electron chi connectivity index (χ3n) is 4.42. The number of halogens is 2. The van der Waals surface area contributed by atoms with E-state index in [-0.39, 0.29) is 11.9 Å². The molecule has 0 spiro atoms. The number of rotatable bonds is 8. The first-order valence-electron chi connectivity index (χ1n) is 8.43. The Hall–Kier alpha value is -0.210. The van der Waals surface area contributed by atoms with Gasteiger partial charge in [0.2, 0.25) is 0 Å². The molecular weight excluding hydrogens is 515 g/mol. The lowest BCUT2D eigenvalue weighted by molar-refractivity contribution is -0.135. The van der Waals surface area contributed by atoms with Gasteiger partial charge in [-0.3, -0.25) is 0 Å². The molecule has 0 radical (unpaired) electrons. The Morgan fingerprint density at radius 2 is 2.28 bits per heavy atom. The van der Waals surface area contributed by atoms with Crippen LogP contribution in [0.25, 0.3) is 0 Å². The minimum atomic E-state index is -0.234. The molecule has 0 bridgehead atoms. The largest absolute Gasteiger partial charge is 0.492 e.